The van der Waals surface area contributed by atoms with Crippen molar-refractivity contribution < 1.29 is 15.0 Å². The predicted molar refractivity (Wildman–Crippen MR) is 75.6 cm³/mol. The zero-order valence-electron chi connectivity index (χ0n) is 11.8. The van der Waals surface area contributed by atoms with Gasteiger partial charge in [-0.15, -0.1) is 0 Å². The summed E-state index contributed by atoms with van der Waals surface area (Å²) in [4.78, 5) is 20.1. The van der Waals surface area contributed by atoms with Gasteiger partial charge in [0.2, 0.25) is 0 Å². The Bertz CT molecular complexity index is 440. The highest BCUT2D eigenvalue weighted by Gasteiger charge is 2.36. The Labute approximate surface area is 123 Å². The van der Waals surface area contributed by atoms with Crippen LogP contribution in [0.2, 0.25) is 0 Å². The molecule has 114 valence electrons. The van der Waals surface area contributed by atoms with Crippen molar-refractivity contribution in [3.8, 4) is 0 Å². The molecule has 4 saturated heterocycles. The highest BCUT2D eigenvalue weighted by Crippen LogP contribution is 2.20. The van der Waals surface area contributed by atoms with Crippen molar-refractivity contribution in [2.75, 3.05) is 40.0 Å². The second-order valence-electron chi connectivity index (χ2n) is 5.68. The summed E-state index contributed by atoms with van der Waals surface area (Å²) in [5, 5.41) is 17.4. The van der Waals surface area contributed by atoms with E-state index in [1.165, 1.54) is 40.0 Å². The van der Waals surface area contributed by atoms with E-state index in [0.29, 0.717) is 5.56 Å². The second-order valence-corrected chi connectivity index (χ2v) is 5.68. The van der Waals surface area contributed by atoms with Crippen molar-refractivity contribution in [1.29, 1.82) is 0 Å². The Morgan fingerprint density at radius 3 is 1.57 bits per heavy atom. The normalized spacial score (nSPS) is 34.0. The third-order valence-electron chi connectivity index (χ3n) is 3.75. The quantitative estimate of drug-likeness (QED) is 0.781. The van der Waals surface area contributed by atoms with E-state index in [-0.39, 0.29) is 0 Å². The van der Waals surface area contributed by atoms with Crippen LogP contribution in [-0.2, 0) is 4.79 Å². The molecule has 0 aromatic heterocycles. The van der Waals surface area contributed by atoms with Crippen LogP contribution in [0.25, 0.3) is 0 Å². The lowest BCUT2D eigenvalue weighted by Gasteiger charge is -2.56. The highest BCUT2D eigenvalue weighted by atomic mass is 16.4. The van der Waals surface area contributed by atoms with Gasteiger partial charge in [-0.25, -0.2) is 4.79 Å². The van der Waals surface area contributed by atoms with Gasteiger partial charge >= 0.3 is 5.97 Å². The van der Waals surface area contributed by atoms with Crippen molar-refractivity contribution in [3.05, 3.63) is 35.9 Å². The number of carboxylic acids is 1. The molecule has 1 unspecified atom stereocenters. The fourth-order valence-corrected chi connectivity index (χ4v) is 3.01. The molecule has 4 fully saturated rings. The number of carboxylic acid groups (broad SMARTS) is 1. The van der Waals surface area contributed by atoms with Crippen molar-refractivity contribution in [2.45, 2.75) is 6.10 Å². The SMILES string of the molecule is C1N2CN3CN1CN(C2)C3.O=C(O)C(O)c1ccccc1. The van der Waals surface area contributed by atoms with Crippen LogP contribution in [0.15, 0.2) is 30.3 Å². The Morgan fingerprint density at radius 1 is 0.857 bits per heavy atom. The topological polar surface area (TPSA) is 70.5 Å². The molecule has 4 aliphatic rings. The zero-order valence-corrected chi connectivity index (χ0v) is 11.8. The molecule has 0 aliphatic carbocycles. The summed E-state index contributed by atoms with van der Waals surface area (Å²) in [5.74, 6) is -1.23. The molecule has 4 bridgehead atoms. The zero-order chi connectivity index (χ0) is 14.8. The molecule has 0 spiro atoms. The summed E-state index contributed by atoms with van der Waals surface area (Å²) in [6.45, 7) is 7.12. The maximum Gasteiger partial charge on any atom is 0.337 e. The highest BCUT2D eigenvalue weighted by molar-refractivity contribution is 5.73. The average molecular weight is 292 g/mol. The van der Waals surface area contributed by atoms with E-state index in [4.69, 9.17) is 10.2 Å². The summed E-state index contributed by atoms with van der Waals surface area (Å²) < 4.78 is 0. The van der Waals surface area contributed by atoms with Crippen LogP contribution in [0.5, 0.6) is 0 Å². The van der Waals surface area contributed by atoms with E-state index >= 15 is 0 Å². The van der Waals surface area contributed by atoms with Crippen molar-refractivity contribution in [3.63, 3.8) is 0 Å². The minimum atomic E-state index is -1.41. The summed E-state index contributed by atoms with van der Waals surface area (Å²) >= 11 is 0. The van der Waals surface area contributed by atoms with Gasteiger partial charge < -0.3 is 10.2 Å². The fourth-order valence-electron chi connectivity index (χ4n) is 3.01. The van der Waals surface area contributed by atoms with Gasteiger partial charge in [0.05, 0.1) is 40.0 Å². The maximum absolute atomic E-state index is 10.2. The number of benzene rings is 1. The van der Waals surface area contributed by atoms with E-state index in [1.54, 1.807) is 30.3 Å². The molecular weight excluding hydrogens is 272 g/mol. The van der Waals surface area contributed by atoms with Crippen LogP contribution in [0.4, 0.5) is 0 Å². The molecule has 0 saturated carbocycles. The smallest absolute Gasteiger partial charge is 0.337 e. The largest absolute Gasteiger partial charge is 0.479 e. The molecule has 1 aromatic carbocycles. The maximum atomic E-state index is 10.2. The van der Waals surface area contributed by atoms with Crippen LogP contribution in [0.1, 0.15) is 11.7 Å². The first-order valence-electron chi connectivity index (χ1n) is 6.97. The van der Waals surface area contributed by atoms with Crippen LogP contribution in [0, 0.1) is 0 Å². The van der Waals surface area contributed by atoms with E-state index in [0.717, 1.165) is 0 Å². The molecule has 4 aliphatic heterocycles. The predicted octanol–water partition coefficient (Wildman–Crippen LogP) is -0.215. The number of hydrogen-bond donors (Lipinski definition) is 2. The molecule has 1 aromatic rings. The lowest BCUT2D eigenvalue weighted by atomic mass is 10.1. The summed E-state index contributed by atoms with van der Waals surface area (Å²) in [5.41, 5.74) is 0.403. The van der Waals surface area contributed by atoms with Crippen LogP contribution < -0.4 is 0 Å². The van der Waals surface area contributed by atoms with Crippen LogP contribution in [0.3, 0.4) is 0 Å². The first kappa shape index (κ1) is 14.4. The minimum Gasteiger partial charge on any atom is -0.479 e. The van der Waals surface area contributed by atoms with E-state index in [2.05, 4.69) is 19.6 Å². The van der Waals surface area contributed by atoms with Gasteiger partial charge in [-0.05, 0) is 5.56 Å². The monoisotopic (exact) mass is 292 g/mol. The number of aliphatic hydroxyl groups is 1. The Kier molecular flexibility index (Phi) is 4.18. The van der Waals surface area contributed by atoms with E-state index < -0.39 is 12.1 Å². The van der Waals surface area contributed by atoms with E-state index in [1.807, 2.05) is 0 Å². The van der Waals surface area contributed by atoms with Crippen molar-refractivity contribution >= 4 is 5.97 Å². The van der Waals surface area contributed by atoms with Crippen LogP contribution in [-0.4, -0.2) is 75.8 Å². The molecule has 1 atom stereocenters. The first-order chi connectivity index (χ1) is 10.1. The lowest BCUT2D eigenvalue weighted by molar-refractivity contribution is -0.194. The third-order valence-corrected chi connectivity index (χ3v) is 3.75. The summed E-state index contributed by atoms with van der Waals surface area (Å²) in [7, 11) is 0. The van der Waals surface area contributed by atoms with Gasteiger partial charge in [-0.3, -0.25) is 19.6 Å². The molecule has 0 radical (unpaired) electrons. The average Bonchev–Trinajstić information content (AvgIpc) is 2.46. The van der Waals surface area contributed by atoms with Crippen LogP contribution >= 0.6 is 0 Å². The van der Waals surface area contributed by atoms with Gasteiger partial charge in [0.1, 0.15) is 0 Å². The number of aliphatic carboxylic acids is 1. The van der Waals surface area contributed by atoms with Gasteiger partial charge in [-0.2, -0.15) is 0 Å². The van der Waals surface area contributed by atoms with Gasteiger partial charge in [0, 0.05) is 0 Å². The van der Waals surface area contributed by atoms with E-state index in [9.17, 15) is 4.79 Å². The summed E-state index contributed by atoms with van der Waals surface area (Å²) in [6, 6.07) is 8.26. The number of rotatable bonds is 2. The first-order valence-corrected chi connectivity index (χ1v) is 6.97. The third kappa shape index (κ3) is 3.39. The fraction of sp³-hybridized carbons (Fsp3) is 0.500. The molecule has 2 N–H and O–H groups in total. The van der Waals surface area contributed by atoms with Crippen molar-refractivity contribution in [2.24, 2.45) is 0 Å². The van der Waals surface area contributed by atoms with Gasteiger partial charge in [-0.1, -0.05) is 30.3 Å². The molecule has 21 heavy (non-hydrogen) atoms. The second kappa shape index (κ2) is 6.08. The Balaban J connectivity index is 0.000000126. The standard InChI is InChI=1S/C8H8O3.C6H12N4/c9-7(8(10)11)6-4-2-1-3-5-6;1-7-2-9-4-8(1)5-10(3-7)6-9/h1-5,7,9H,(H,10,11);1-6H2. The Morgan fingerprint density at radius 2 is 1.24 bits per heavy atom. The number of aliphatic hydroxyl groups excluding tert-OH is 1. The summed E-state index contributed by atoms with van der Waals surface area (Å²) in [6.07, 6.45) is -1.41. The number of hydrogen-bond acceptors (Lipinski definition) is 6. The van der Waals surface area contributed by atoms with Gasteiger partial charge in [0.25, 0.3) is 0 Å². The number of nitrogens with zero attached hydrogens (tertiary/aromatic N) is 4. The van der Waals surface area contributed by atoms with Crippen molar-refractivity contribution in [1.82, 2.24) is 19.6 Å². The minimum absolute atomic E-state index is 0.403. The molecule has 7 heteroatoms. The number of carbonyl (C=O) groups is 1. The molecule has 0 amide bonds. The molecule has 5 rings (SSSR count). The Hall–Kier alpha value is -1.51. The van der Waals surface area contributed by atoms with Gasteiger partial charge in [0.15, 0.2) is 6.10 Å². The molecular formula is C14H20N4O3. The molecule has 4 heterocycles. The molecule has 7 nitrogen and oxygen atoms in total. The lowest BCUT2D eigenvalue weighted by Crippen LogP contribution is -2.71.